The van der Waals surface area contributed by atoms with Crippen LogP contribution in [0, 0.1) is 10.1 Å². The van der Waals surface area contributed by atoms with E-state index in [-0.39, 0.29) is 11.4 Å². The molecule has 0 aliphatic rings. The van der Waals surface area contributed by atoms with Gasteiger partial charge in [0.2, 0.25) is 5.75 Å². The van der Waals surface area contributed by atoms with E-state index in [1.807, 2.05) is 0 Å². The summed E-state index contributed by atoms with van der Waals surface area (Å²) in [4.78, 5) is 14.4. The van der Waals surface area contributed by atoms with Gasteiger partial charge in [-0.05, 0) is 34.1 Å². The first-order valence-electron chi connectivity index (χ1n) is 5.21. The normalized spacial score (nSPS) is 10.0. The standard InChI is InChI=1S/C12H9BrN2O4/c1-18-9-2-3-12(11(5-9)15(16)17)19-10-4-8(13)6-14-7-10/h2-7H,1H3. The van der Waals surface area contributed by atoms with E-state index in [1.54, 1.807) is 18.3 Å². The summed E-state index contributed by atoms with van der Waals surface area (Å²) in [6.45, 7) is 0. The van der Waals surface area contributed by atoms with Crippen molar-refractivity contribution in [3.05, 3.63) is 51.2 Å². The summed E-state index contributed by atoms with van der Waals surface area (Å²) in [6.07, 6.45) is 3.06. The first kappa shape index (κ1) is 13.3. The van der Waals surface area contributed by atoms with Crippen LogP contribution in [0.15, 0.2) is 41.1 Å². The molecule has 0 aliphatic heterocycles. The lowest BCUT2D eigenvalue weighted by Gasteiger charge is -2.07. The number of ether oxygens (including phenoxy) is 2. The minimum absolute atomic E-state index is 0.130. The van der Waals surface area contributed by atoms with Crippen LogP contribution in [0.4, 0.5) is 5.69 Å². The molecule has 1 aromatic carbocycles. The summed E-state index contributed by atoms with van der Waals surface area (Å²) < 4.78 is 11.1. The smallest absolute Gasteiger partial charge is 0.315 e. The molecule has 1 heterocycles. The Kier molecular flexibility index (Phi) is 3.96. The van der Waals surface area contributed by atoms with Crippen molar-refractivity contribution in [1.82, 2.24) is 4.98 Å². The van der Waals surface area contributed by atoms with Gasteiger partial charge in [0, 0.05) is 10.7 Å². The zero-order valence-corrected chi connectivity index (χ0v) is 11.5. The van der Waals surface area contributed by atoms with Crippen LogP contribution >= 0.6 is 15.9 Å². The average molecular weight is 325 g/mol. The molecule has 0 aliphatic carbocycles. The van der Waals surface area contributed by atoms with Gasteiger partial charge in [-0.2, -0.15) is 0 Å². The van der Waals surface area contributed by atoms with Crippen molar-refractivity contribution in [2.24, 2.45) is 0 Å². The lowest BCUT2D eigenvalue weighted by atomic mass is 10.3. The van der Waals surface area contributed by atoms with Gasteiger partial charge in [-0.3, -0.25) is 15.1 Å². The topological polar surface area (TPSA) is 74.5 Å². The zero-order valence-electron chi connectivity index (χ0n) is 9.87. The largest absolute Gasteiger partial charge is 0.496 e. The quantitative estimate of drug-likeness (QED) is 0.635. The van der Waals surface area contributed by atoms with Crippen LogP contribution in [-0.2, 0) is 0 Å². The summed E-state index contributed by atoms with van der Waals surface area (Å²) in [7, 11) is 1.44. The minimum Gasteiger partial charge on any atom is -0.496 e. The van der Waals surface area contributed by atoms with Crippen molar-refractivity contribution >= 4 is 21.6 Å². The number of methoxy groups -OCH3 is 1. The highest BCUT2D eigenvalue weighted by Crippen LogP contribution is 2.34. The summed E-state index contributed by atoms with van der Waals surface area (Å²) in [5.74, 6) is 0.930. The van der Waals surface area contributed by atoms with Crippen LogP contribution in [0.5, 0.6) is 17.2 Å². The molecule has 0 unspecified atom stereocenters. The molecule has 2 aromatic rings. The van der Waals surface area contributed by atoms with Gasteiger partial charge in [0.05, 0.1) is 24.3 Å². The number of nitro groups is 1. The molecule has 0 spiro atoms. The molecule has 0 bridgehead atoms. The first-order chi connectivity index (χ1) is 9.10. The Morgan fingerprint density at radius 1 is 1.26 bits per heavy atom. The van der Waals surface area contributed by atoms with Crippen molar-refractivity contribution in [3.63, 3.8) is 0 Å². The number of rotatable bonds is 4. The highest BCUT2D eigenvalue weighted by molar-refractivity contribution is 9.10. The van der Waals surface area contributed by atoms with E-state index in [2.05, 4.69) is 20.9 Å². The molecule has 0 saturated heterocycles. The molecule has 0 saturated carbocycles. The minimum atomic E-state index is -0.525. The van der Waals surface area contributed by atoms with Crippen molar-refractivity contribution in [3.8, 4) is 17.2 Å². The molecule has 98 valence electrons. The molecule has 1 aromatic heterocycles. The van der Waals surface area contributed by atoms with E-state index in [0.29, 0.717) is 11.5 Å². The maximum Gasteiger partial charge on any atom is 0.315 e. The van der Waals surface area contributed by atoms with Gasteiger partial charge in [0.15, 0.2) is 0 Å². The number of benzene rings is 1. The van der Waals surface area contributed by atoms with Crippen LogP contribution in [0.1, 0.15) is 0 Å². The highest BCUT2D eigenvalue weighted by atomic mass is 79.9. The number of nitrogens with zero attached hydrogens (tertiary/aromatic N) is 2. The van der Waals surface area contributed by atoms with E-state index in [9.17, 15) is 10.1 Å². The molecule has 7 heteroatoms. The van der Waals surface area contributed by atoms with Gasteiger partial charge in [0.25, 0.3) is 0 Å². The van der Waals surface area contributed by atoms with Crippen molar-refractivity contribution < 1.29 is 14.4 Å². The SMILES string of the molecule is COc1ccc(Oc2cncc(Br)c2)c([N+](=O)[O-])c1. The third kappa shape index (κ3) is 3.19. The Balaban J connectivity index is 2.36. The van der Waals surface area contributed by atoms with Crippen LogP contribution in [0.3, 0.4) is 0 Å². The number of nitro benzene ring substituents is 1. The molecule has 0 fully saturated rings. The number of hydrogen-bond donors (Lipinski definition) is 0. The fourth-order valence-corrected chi connectivity index (χ4v) is 1.77. The van der Waals surface area contributed by atoms with Crippen LogP contribution in [-0.4, -0.2) is 17.0 Å². The molecule has 0 amide bonds. The Bertz CT molecular complexity index is 618. The van der Waals surface area contributed by atoms with Crippen molar-refractivity contribution in [2.75, 3.05) is 7.11 Å². The van der Waals surface area contributed by atoms with Gasteiger partial charge < -0.3 is 9.47 Å². The number of halogens is 1. The third-order valence-corrected chi connectivity index (χ3v) is 2.70. The van der Waals surface area contributed by atoms with Gasteiger partial charge in [-0.25, -0.2) is 0 Å². The fraction of sp³-hybridized carbons (Fsp3) is 0.0833. The second-order valence-electron chi connectivity index (χ2n) is 3.53. The number of hydrogen-bond acceptors (Lipinski definition) is 5. The molecule has 0 N–H and O–H groups in total. The number of pyridine rings is 1. The lowest BCUT2D eigenvalue weighted by Crippen LogP contribution is -1.95. The second-order valence-corrected chi connectivity index (χ2v) is 4.45. The van der Waals surface area contributed by atoms with Crippen LogP contribution < -0.4 is 9.47 Å². The van der Waals surface area contributed by atoms with Gasteiger partial charge >= 0.3 is 5.69 Å². The maximum absolute atomic E-state index is 11.0. The van der Waals surface area contributed by atoms with Gasteiger partial charge in [-0.1, -0.05) is 0 Å². The maximum atomic E-state index is 11.0. The molecule has 0 atom stereocenters. The summed E-state index contributed by atoms with van der Waals surface area (Å²) >= 11 is 3.25. The Morgan fingerprint density at radius 2 is 2.05 bits per heavy atom. The predicted molar refractivity (Wildman–Crippen MR) is 71.7 cm³/mol. The van der Waals surface area contributed by atoms with Gasteiger partial charge in [0.1, 0.15) is 11.5 Å². The summed E-state index contributed by atoms with van der Waals surface area (Å²) in [6, 6.07) is 6.05. The number of aromatic nitrogens is 1. The van der Waals surface area contributed by atoms with Crippen molar-refractivity contribution in [2.45, 2.75) is 0 Å². The molecule has 6 nitrogen and oxygen atoms in total. The lowest BCUT2D eigenvalue weighted by molar-refractivity contribution is -0.385. The van der Waals surface area contributed by atoms with E-state index < -0.39 is 4.92 Å². The molecule has 19 heavy (non-hydrogen) atoms. The molecule has 0 radical (unpaired) electrons. The van der Waals surface area contributed by atoms with E-state index in [1.165, 1.54) is 25.4 Å². The molecular formula is C12H9BrN2O4. The fourth-order valence-electron chi connectivity index (χ4n) is 1.43. The Morgan fingerprint density at radius 3 is 2.68 bits per heavy atom. The van der Waals surface area contributed by atoms with Gasteiger partial charge in [-0.15, -0.1) is 0 Å². The predicted octanol–water partition coefficient (Wildman–Crippen LogP) is 3.55. The van der Waals surface area contributed by atoms with Crippen molar-refractivity contribution in [1.29, 1.82) is 0 Å². The molecule has 2 rings (SSSR count). The van der Waals surface area contributed by atoms with E-state index in [4.69, 9.17) is 9.47 Å². The second kappa shape index (κ2) is 5.66. The first-order valence-corrected chi connectivity index (χ1v) is 6.00. The van der Waals surface area contributed by atoms with Crippen LogP contribution in [0.2, 0.25) is 0 Å². The van der Waals surface area contributed by atoms with E-state index >= 15 is 0 Å². The zero-order chi connectivity index (χ0) is 13.8. The Labute approximate surface area is 117 Å². The summed E-state index contributed by atoms with van der Waals surface area (Å²) in [5, 5.41) is 11.0. The Hall–Kier alpha value is -2.15. The van der Waals surface area contributed by atoms with Crippen LogP contribution in [0.25, 0.3) is 0 Å². The van der Waals surface area contributed by atoms with E-state index in [0.717, 1.165) is 4.47 Å². The molecular weight excluding hydrogens is 316 g/mol. The summed E-state index contributed by atoms with van der Waals surface area (Å²) in [5.41, 5.74) is -0.167. The average Bonchev–Trinajstić information content (AvgIpc) is 2.39. The monoisotopic (exact) mass is 324 g/mol. The third-order valence-electron chi connectivity index (χ3n) is 2.27. The highest BCUT2D eigenvalue weighted by Gasteiger charge is 2.17.